The summed E-state index contributed by atoms with van der Waals surface area (Å²) in [4.78, 5) is 0. The monoisotopic (exact) mass is 157 g/mol. The van der Waals surface area contributed by atoms with Gasteiger partial charge in [-0.2, -0.15) is 0 Å². The number of hydrogen-bond acceptors (Lipinski definition) is 1. The van der Waals surface area contributed by atoms with Crippen LogP contribution < -0.4 is 6.15 Å². The Balaban J connectivity index is 0.000001000. The first-order valence-electron chi connectivity index (χ1n) is 4.73. The van der Waals surface area contributed by atoms with E-state index in [1.54, 1.807) is 0 Å². The van der Waals surface area contributed by atoms with Gasteiger partial charge in [0.05, 0.1) is 0 Å². The summed E-state index contributed by atoms with van der Waals surface area (Å²) in [7, 11) is 0. The van der Waals surface area contributed by atoms with Gasteiger partial charge in [-0.15, -0.1) is 0 Å². The Hall–Kier alpha value is -0.0400. The molecule has 3 N–H and O–H groups in total. The summed E-state index contributed by atoms with van der Waals surface area (Å²) in [6, 6.07) is 0. The second-order valence-electron chi connectivity index (χ2n) is 4.07. The quantitative estimate of drug-likeness (QED) is 0.662. The molecule has 1 aliphatic rings. The van der Waals surface area contributed by atoms with E-state index < -0.39 is 0 Å². The predicted octanol–water partition coefficient (Wildman–Crippen LogP) is 3.77. The van der Waals surface area contributed by atoms with Gasteiger partial charge in [0.15, 0.2) is 0 Å². The zero-order valence-corrected chi connectivity index (χ0v) is 8.32. The summed E-state index contributed by atoms with van der Waals surface area (Å²) < 4.78 is 0. The van der Waals surface area contributed by atoms with Crippen molar-refractivity contribution in [2.75, 3.05) is 0 Å². The van der Waals surface area contributed by atoms with Crippen molar-refractivity contribution in [1.29, 1.82) is 0 Å². The summed E-state index contributed by atoms with van der Waals surface area (Å²) in [6.07, 6.45) is 7.19. The molecule has 0 heterocycles. The third-order valence-corrected chi connectivity index (χ3v) is 3.13. The SMILES string of the molecule is CCCCC1(C)C[C@@H]1CC.N. The molecule has 0 radical (unpaired) electrons. The van der Waals surface area contributed by atoms with Crippen LogP contribution in [-0.2, 0) is 0 Å². The molecular weight excluding hydrogens is 134 g/mol. The molecular formula is C10H23N. The summed E-state index contributed by atoms with van der Waals surface area (Å²) in [5.74, 6) is 1.07. The molecule has 0 aromatic rings. The predicted molar refractivity (Wildman–Crippen MR) is 51.1 cm³/mol. The summed E-state index contributed by atoms with van der Waals surface area (Å²) in [6.45, 7) is 7.06. The molecule has 0 bridgehead atoms. The Morgan fingerprint density at radius 3 is 2.36 bits per heavy atom. The van der Waals surface area contributed by atoms with Crippen LogP contribution in [0.3, 0.4) is 0 Å². The fourth-order valence-corrected chi connectivity index (χ4v) is 2.03. The van der Waals surface area contributed by atoms with E-state index in [0.717, 1.165) is 11.3 Å². The molecule has 11 heavy (non-hydrogen) atoms. The minimum atomic E-state index is 0. The van der Waals surface area contributed by atoms with Gasteiger partial charge in [-0.25, -0.2) is 0 Å². The van der Waals surface area contributed by atoms with Crippen LogP contribution in [0.15, 0.2) is 0 Å². The lowest BCUT2D eigenvalue weighted by Gasteiger charge is -2.08. The minimum absolute atomic E-state index is 0. The van der Waals surface area contributed by atoms with Crippen LogP contribution in [0.1, 0.15) is 52.9 Å². The Morgan fingerprint density at radius 1 is 1.36 bits per heavy atom. The number of unbranched alkanes of at least 4 members (excludes halogenated alkanes) is 1. The van der Waals surface area contributed by atoms with Crippen molar-refractivity contribution < 1.29 is 0 Å². The number of rotatable bonds is 4. The second-order valence-corrected chi connectivity index (χ2v) is 4.07. The molecule has 1 nitrogen and oxygen atoms in total. The van der Waals surface area contributed by atoms with E-state index in [9.17, 15) is 0 Å². The minimum Gasteiger partial charge on any atom is -0.344 e. The van der Waals surface area contributed by atoms with E-state index in [1.807, 2.05) is 0 Å². The van der Waals surface area contributed by atoms with E-state index >= 15 is 0 Å². The molecule has 1 aliphatic carbocycles. The molecule has 0 spiro atoms. The smallest absolute Gasteiger partial charge is 0.0295 e. The van der Waals surface area contributed by atoms with Crippen molar-refractivity contribution >= 4 is 0 Å². The molecule has 1 heteroatoms. The van der Waals surface area contributed by atoms with Crippen molar-refractivity contribution in [2.45, 2.75) is 52.9 Å². The van der Waals surface area contributed by atoms with E-state index in [0.29, 0.717) is 0 Å². The summed E-state index contributed by atoms with van der Waals surface area (Å²) in [5.41, 5.74) is 0.769. The molecule has 0 aliphatic heterocycles. The Labute approximate surface area is 71.2 Å². The first-order chi connectivity index (χ1) is 4.73. The van der Waals surface area contributed by atoms with Crippen molar-refractivity contribution in [1.82, 2.24) is 6.15 Å². The second kappa shape index (κ2) is 4.10. The molecule has 0 aromatic heterocycles. The van der Waals surface area contributed by atoms with E-state index in [4.69, 9.17) is 0 Å². The van der Waals surface area contributed by atoms with Crippen LogP contribution in [0.2, 0.25) is 0 Å². The van der Waals surface area contributed by atoms with Gasteiger partial charge in [0.1, 0.15) is 0 Å². The molecule has 1 unspecified atom stereocenters. The maximum atomic E-state index is 2.46. The zero-order chi connectivity index (χ0) is 7.61. The maximum Gasteiger partial charge on any atom is -0.0295 e. The Bertz CT molecular complexity index is 111. The number of hydrogen-bond donors (Lipinski definition) is 1. The highest BCUT2D eigenvalue weighted by atomic mass is 14.5. The van der Waals surface area contributed by atoms with Gasteiger partial charge in [0, 0.05) is 0 Å². The lowest BCUT2D eigenvalue weighted by molar-refractivity contribution is 0.436. The summed E-state index contributed by atoms with van der Waals surface area (Å²) in [5, 5.41) is 0. The molecule has 0 saturated heterocycles. The standard InChI is InChI=1S/C10H20.H3N/c1-4-6-7-10(3)8-9(10)5-2;/h9H,4-8H2,1-3H3;1H3/t9-,10?;/m0./s1. The highest BCUT2D eigenvalue weighted by molar-refractivity contribution is 4.97. The fourth-order valence-electron chi connectivity index (χ4n) is 2.03. The summed E-state index contributed by atoms with van der Waals surface area (Å²) >= 11 is 0. The van der Waals surface area contributed by atoms with Crippen LogP contribution in [0, 0.1) is 11.3 Å². The third-order valence-electron chi connectivity index (χ3n) is 3.13. The average molecular weight is 157 g/mol. The molecule has 68 valence electrons. The van der Waals surface area contributed by atoms with Gasteiger partial charge in [0.2, 0.25) is 0 Å². The van der Waals surface area contributed by atoms with Crippen molar-refractivity contribution in [3.8, 4) is 0 Å². The van der Waals surface area contributed by atoms with Crippen LogP contribution in [0.5, 0.6) is 0 Å². The van der Waals surface area contributed by atoms with Gasteiger partial charge in [0.25, 0.3) is 0 Å². The van der Waals surface area contributed by atoms with Gasteiger partial charge >= 0.3 is 0 Å². The lowest BCUT2D eigenvalue weighted by atomic mass is 9.98. The van der Waals surface area contributed by atoms with Crippen molar-refractivity contribution in [3.05, 3.63) is 0 Å². The van der Waals surface area contributed by atoms with Crippen LogP contribution in [0.25, 0.3) is 0 Å². The van der Waals surface area contributed by atoms with Gasteiger partial charge in [-0.3, -0.25) is 0 Å². The van der Waals surface area contributed by atoms with Crippen LogP contribution in [0.4, 0.5) is 0 Å². The van der Waals surface area contributed by atoms with E-state index in [-0.39, 0.29) is 6.15 Å². The van der Waals surface area contributed by atoms with Gasteiger partial charge in [-0.1, -0.05) is 40.0 Å². The first-order valence-corrected chi connectivity index (χ1v) is 4.73. The molecule has 1 rings (SSSR count). The lowest BCUT2D eigenvalue weighted by Crippen LogP contribution is -1.96. The normalized spacial score (nSPS) is 34.6. The Kier molecular flexibility index (Phi) is 4.09. The fraction of sp³-hybridized carbons (Fsp3) is 1.00. The first kappa shape index (κ1) is 11.0. The Morgan fingerprint density at radius 2 is 2.00 bits per heavy atom. The highest BCUT2D eigenvalue weighted by Crippen LogP contribution is 2.57. The van der Waals surface area contributed by atoms with Gasteiger partial charge in [-0.05, 0) is 24.2 Å². The highest BCUT2D eigenvalue weighted by Gasteiger charge is 2.47. The molecule has 1 saturated carbocycles. The molecule has 2 atom stereocenters. The zero-order valence-electron chi connectivity index (χ0n) is 8.32. The van der Waals surface area contributed by atoms with Crippen molar-refractivity contribution in [2.24, 2.45) is 11.3 Å². The molecule has 1 fully saturated rings. The molecule has 0 amide bonds. The third kappa shape index (κ3) is 2.48. The maximum absolute atomic E-state index is 2.46. The topological polar surface area (TPSA) is 35.0 Å². The largest absolute Gasteiger partial charge is 0.344 e. The van der Waals surface area contributed by atoms with Crippen molar-refractivity contribution in [3.63, 3.8) is 0 Å². The van der Waals surface area contributed by atoms with E-state index in [1.165, 1.54) is 32.1 Å². The van der Waals surface area contributed by atoms with Gasteiger partial charge < -0.3 is 6.15 Å². The van der Waals surface area contributed by atoms with E-state index in [2.05, 4.69) is 20.8 Å². The average Bonchev–Trinajstić information content (AvgIpc) is 2.59. The molecule has 0 aromatic carbocycles. The van der Waals surface area contributed by atoms with Crippen LogP contribution >= 0.6 is 0 Å². The van der Waals surface area contributed by atoms with Crippen LogP contribution in [-0.4, -0.2) is 0 Å².